The summed E-state index contributed by atoms with van der Waals surface area (Å²) in [5.41, 5.74) is 7.39. The third-order valence-corrected chi connectivity index (χ3v) is 6.15. The van der Waals surface area contributed by atoms with Crippen LogP contribution in [0.25, 0.3) is 22.2 Å². The molecule has 0 saturated carbocycles. The number of hydrogen-bond donors (Lipinski definition) is 1. The van der Waals surface area contributed by atoms with Crippen molar-refractivity contribution in [2.24, 2.45) is 0 Å². The summed E-state index contributed by atoms with van der Waals surface area (Å²) in [6.07, 6.45) is 2.68. The molecule has 2 aromatic heterocycles. The molecule has 0 spiro atoms. The highest BCUT2D eigenvalue weighted by molar-refractivity contribution is 6.06. The molecule has 2 heterocycles. The fraction of sp³-hybridized carbons (Fsp3) is 0.207. The molecule has 5 rings (SSSR count). The third kappa shape index (κ3) is 4.29. The SMILES string of the molecule is CCCCn1c(NC(=O)c2ccccc2)c(Cc2ccc(C)cc2)c2nc3ccccc3nc21. The molecule has 0 fully saturated rings. The van der Waals surface area contributed by atoms with Gasteiger partial charge in [0.2, 0.25) is 0 Å². The molecule has 0 aliphatic heterocycles. The van der Waals surface area contributed by atoms with Crippen LogP contribution in [0.1, 0.15) is 46.8 Å². The van der Waals surface area contributed by atoms with E-state index in [1.807, 2.05) is 54.6 Å². The normalized spacial score (nSPS) is 11.2. The summed E-state index contributed by atoms with van der Waals surface area (Å²) in [6.45, 7) is 5.02. The standard InChI is InChI=1S/C29H28N4O/c1-3-4-18-33-27(32-29(34)22-10-6-5-7-11-22)23(19-21-16-14-20(2)15-17-21)26-28(33)31-25-13-9-8-12-24(25)30-26/h5-17H,3-4,18-19H2,1-2H3,(H,32,34). The highest BCUT2D eigenvalue weighted by atomic mass is 16.1. The van der Waals surface area contributed by atoms with Crippen LogP contribution in [0.3, 0.4) is 0 Å². The molecule has 0 atom stereocenters. The lowest BCUT2D eigenvalue weighted by molar-refractivity contribution is 0.102. The average molecular weight is 449 g/mol. The van der Waals surface area contributed by atoms with E-state index in [0.29, 0.717) is 12.0 Å². The molecule has 0 unspecified atom stereocenters. The van der Waals surface area contributed by atoms with Gasteiger partial charge in [-0.25, -0.2) is 9.97 Å². The number of fused-ring (bicyclic) bond motifs is 2. The summed E-state index contributed by atoms with van der Waals surface area (Å²) in [7, 11) is 0. The van der Waals surface area contributed by atoms with E-state index in [2.05, 4.69) is 48.0 Å². The zero-order valence-electron chi connectivity index (χ0n) is 19.6. The van der Waals surface area contributed by atoms with Gasteiger partial charge in [-0.2, -0.15) is 0 Å². The van der Waals surface area contributed by atoms with E-state index in [4.69, 9.17) is 9.97 Å². The van der Waals surface area contributed by atoms with Crippen LogP contribution < -0.4 is 5.32 Å². The second kappa shape index (κ2) is 9.48. The van der Waals surface area contributed by atoms with Crippen LogP contribution in [0.2, 0.25) is 0 Å². The largest absolute Gasteiger partial charge is 0.310 e. The molecule has 5 nitrogen and oxygen atoms in total. The van der Waals surface area contributed by atoms with Crippen molar-refractivity contribution in [3.05, 3.63) is 101 Å². The van der Waals surface area contributed by atoms with Gasteiger partial charge < -0.3 is 9.88 Å². The number of carbonyl (C=O) groups is 1. The smallest absolute Gasteiger partial charge is 0.256 e. The van der Waals surface area contributed by atoms with Crippen LogP contribution >= 0.6 is 0 Å². The van der Waals surface area contributed by atoms with Crippen LogP contribution in [0.4, 0.5) is 5.82 Å². The highest BCUT2D eigenvalue weighted by Gasteiger charge is 2.22. The fourth-order valence-electron chi connectivity index (χ4n) is 4.29. The van der Waals surface area contributed by atoms with Gasteiger partial charge in [0, 0.05) is 24.1 Å². The van der Waals surface area contributed by atoms with Crippen LogP contribution in [-0.2, 0) is 13.0 Å². The van der Waals surface area contributed by atoms with Crippen LogP contribution in [-0.4, -0.2) is 20.4 Å². The minimum Gasteiger partial charge on any atom is -0.310 e. The molecule has 170 valence electrons. The highest BCUT2D eigenvalue weighted by Crippen LogP contribution is 2.32. The summed E-state index contributed by atoms with van der Waals surface area (Å²) >= 11 is 0. The maximum Gasteiger partial charge on any atom is 0.256 e. The Morgan fingerprint density at radius 3 is 2.26 bits per heavy atom. The first-order valence-electron chi connectivity index (χ1n) is 11.8. The Morgan fingerprint density at radius 1 is 0.882 bits per heavy atom. The van der Waals surface area contributed by atoms with E-state index in [1.165, 1.54) is 11.1 Å². The molecule has 0 radical (unpaired) electrons. The Kier molecular flexibility index (Phi) is 6.09. The number of carbonyl (C=O) groups excluding carboxylic acids is 1. The number of hydrogen-bond acceptors (Lipinski definition) is 3. The van der Waals surface area contributed by atoms with E-state index < -0.39 is 0 Å². The zero-order chi connectivity index (χ0) is 23.5. The monoisotopic (exact) mass is 448 g/mol. The number of unbranched alkanes of at least 4 members (excludes halogenated alkanes) is 1. The molecule has 1 N–H and O–H groups in total. The van der Waals surface area contributed by atoms with E-state index in [9.17, 15) is 4.79 Å². The van der Waals surface area contributed by atoms with Crippen molar-refractivity contribution in [2.75, 3.05) is 5.32 Å². The molecule has 1 amide bonds. The molecule has 0 aliphatic rings. The van der Waals surface area contributed by atoms with Crippen molar-refractivity contribution < 1.29 is 4.79 Å². The van der Waals surface area contributed by atoms with Crippen molar-refractivity contribution in [3.63, 3.8) is 0 Å². The Morgan fingerprint density at radius 2 is 1.56 bits per heavy atom. The number of anilines is 1. The quantitative estimate of drug-likeness (QED) is 0.308. The van der Waals surface area contributed by atoms with Crippen LogP contribution in [0.15, 0.2) is 78.9 Å². The molecule has 0 bridgehead atoms. The van der Waals surface area contributed by atoms with Gasteiger partial charge in [-0.15, -0.1) is 0 Å². The summed E-state index contributed by atoms with van der Waals surface area (Å²) < 4.78 is 2.14. The predicted octanol–water partition coefficient (Wildman–Crippen LogP) is 6.54. The van der Waals surface area contributed by atoms with E-state index in [-0.39, 0.29) is 5.91 Å². The van der Waals surface area contributed by atoms with Gasteiger partial charge in [-0.1, -0.05) is 73.5 Å². The third-order valence-electron chi connectivity index (χ3n) is 6.15. The molecule has 0 saturated heterocycles. The lowest BCUT2D eigenvalue weighted by Crippen LogP contribution is -2.16. The number of benzene rings is 3. The first-order valence-corrected chi connectivity index (χ1v) is 11.8. The number of amides is 1. The zero-order valence-corrected chi connectivity index (χ0v) is 19.6. The molecule has 5 heteroatoms. The summed E-state index contributed by atoms with van der Waals surface area (Å²) in [5, 5.41) is 3.22. The van der Waals surface area contributed by atoms with Gasteiger partial charge in [0.15, 0.2) is 5.65 Å². The Balaban J connectivity index is 1.71. The summed E-state index contributed by atoms with van der Waals surface area (Å²) in [5.74, 6) is 0.657. The minimum atomic E-state index is -0.129. The van der Waals surface area contributed by atoms with Gasteiger partial charge in [0.1, 0.15) is 11.3 Å². The first-order chi connectivity index (χ1) is 16.6. The number of nitrogens with zero attached hydrogens (tertiary/aromatic N) is 3. The van der Waals surface area contributed by atoms with Crippen LogP contribution in [0, 0.1) is 6.92 Å². The van der Waals surface area contributed by atoms with Gasteiger partial charge >= 0.3 is 0 Å². The lowest BCUT2D eigenvalue weighted by Gasteiger charge is -2.13. The average Bonchev–Trinajstić information content (AvgIpc) is 3.14. The topological polar surface area (TPSA) is 59.8 Å². The van der Waals surface area contributed by atoms with Gasteiger partial charge in [0.25, 0.3) is 5.91 Å². The van der Waals surface area contributed by atoms with Gasteiger partial charge in [-0.05, 0) is 43.2 Å². The summed E-state index contributed by atoms with van der Waals surface area (Å²) in [4.78, 5) is 23.3. The number of para-hydroxylation sites is 2. The van der Waals surface area contributed by atoms with E-state index in [0.717, 1.165) is 53.0 Å². The molecule has 5 aromatic rings. The predicted molar refractivity (Wildman–Crippen MR) is 138 cm³/mol. The molecule has 0 aliphatic carbocycles. The van der Waals surface area contributed by atoms with Gasteiger partial charge in [0.05, 0.1) is 11.0 Å². The lowest BCUT2D eigenvalue weighted by atomic mass is 10.0. The van der Waals surface area contributed by atoms with Crippen molar-refractivity contribution in [1.29, 1.82) is 0 Å². The molecular formula is C29H28N4O. The van der Waals surface area contributed by atoms with Crippen LogP contribution in [0.5, 0.6) is 0 Å². The number of rotatable bonds is 7. The van der Waals surface area contributed by atoms with Crippen molar-refractivity contribution >= 4 is 33.9 Å². The number of nitrogens with one attached hydrogen (secondary N) is 1. The maximum atomic E-state index is 13.2. The molecule has 3 aromatic carbocycles. The molecular weight excluding hydrogens is 420 g/mol. The van der Waals surface area contributed by atoms with Crippen molar-refractivity contribution in [3.8, 4) is 0 Å². The van der Waals surface area contributed by atoms with E-state index in [1.54, 1.807) is 0 Å². The Bertz CT molecular complexity index is 1450. The summed E-state index contributed by atoms with van der Waals surface area (Å²) in [6, 6.07) is 25.8. The Labute approximate surface area is 199 Å². The minimum absolute atomic E-state index is 0.129. The van der Waals surface area contributed by atoms with Gasteiger partial charge in [-0.3, -0.25) is 4.79 Å². The van der Waals surface area contributed by atoms with E-state index >= 15 is 0 Å². The number of aromatic nitrogens is 3. The van der Waals surface area contributed by atoms with Crippen molar-refractivity contribution in [1.82, 2.24) is 14.5 Å². The maximum absolute atomic E-state index is 13.2. The first kappa shape index (κ1) is 21.8. The second-order valence-electron chi connectivity index (χ2n) is 8.70. The number of aryl methyl sites for hydroxylation is 2. The van der Waals surface area contributed by atoms with Crippen molar-refractivity contribution in [2.45, 2.75) is 39.7 Å². The second-order valence-corrected chi connectivity index (χ2v) is 8.70. The Hall–Kier alpha value is -3.99. The fourth-order valence-corrected chi connectivity index (χ4v) is 4.29. The molecule has 34 heavy (non-hydrogen) atoms.